The van der Waals surface area contributed by atoms with E-state index in [2.05, 4.69) is 0 Å². The highest BCUT2D eigenvalue weighted by atomic mass is 19.1. The van der Waals surface area contributed by atoms with Crippen LogP contribution in [0, 0.1) is 12.7 Å². The van der Waals surface area contributed by atoms with Gasteiger partial charge < -0.3 is 10.0 Å². The van der Waals surface area contributed by atoms with E-state index in [9.17, 15) is 14.3 Å². The molecular formula is C16H16FNO2. The monoisotopic (exact) mass is 273 g/mol. The minimum atomic E-state index is -0.322. The molecule has 0 bridgehead atoms. The number of phenolic OH excluding ortho intramolecular Hbond substituents is 1. The number of hydrogen-bond donors (Lipinski definition) is 1. The number of benzene rings is 2. The molecule has 0 aliphatic heterocycles. The van der Waals surface area contributed by atoms with E-state index in [1.807, 2.05) is 6.07 Å². The van der Waals surface area contributed by atoms with Gasteiger partial charge in [-0.3, -0.25) is 4.79 Å². The third-order valence-corrected chi connectivity index (χ3v) is 3.08. The molecule has 20 heavy (non-hydrogen) atoms. The number of nitrogens with zero attached hydrogens (tertiary/aromatic N) is 1. The Morgan fingerprint density at radius 2 is 2.00 bits per heavy atom. The summed E-state index contributed by atoms with van der Waals surface area (Å²) in [7, 11) is 1.67. The van der Waals surface area contributed by atoms with Crippen molar-refractivity contribution in [3.63, 3.8) is 0 Å². The second-order valence-corrected chi connectivity index (χ2v) is 4.80. The molecule has 0 heterocycles. The Bertz CT molecular complexity index is 640. The zero-order valence-corrected chi connectivity index (χ0v) is 11.4. The van der Waals surface area contributed by atoms with Gasteiger partial charge in [-0.25, -0.2) is 4.39 Å². The van der Waals surface area contributed by atoms with Crippen LogP contribution in [0.2, 0.25) is 0 Å². The molecule has 0 saturated carbocycles. The fraction of sp³-hybridized carbons (Fsp3) is 0.188. The Balaban J connectivity index is 2.14. The van der Waals surface area contributed by atoms with Crippen molar-refractivity contribution >= 4 is 5.91 Å². The quantitative estimate of drug-likeness (QED) is 0.933. The largest absolute Gasteiger partial charge is 0.508 e. The van der Waals surface area contributed by atoms with Crippen LogP contribution >= 0.6 is 0 Å². The van der Waals surface area contributed by atoms with Crippen LogP contribution in [0.3, 0.4) is 0 Å². The van der Waals surface area contributed by atoms with Crippen molar-refractivity contribution < 1.29 is 14.3 Å². The molecule has 0 atom stereocenters. The van der Waals surface area contributed by atoms with Gasteiger partial charge in [-0.2, -0.15) is 0 Å². The zero-order valence-electron chi connectivity index (χ0n) is 11.4. The van der Waals surface area contributed by atoms with Crippen molar-refractivity contribution in [2.24, 2.45) is 0 Å². The number of carbonyl (C=O) groups is 1. The molecule has 104 valence electrons. The molecule has 2 rings (SSSR count). The van der Waals surface area contributed by atoms with Gasteiger partial charge in [-0.15, -0.1) is 0 Å². The predicted octanol–water partition coefficient (Wildman–Crippen LogP) is 3.11. The van der Waals surface area contributed by atoms with Gasteiger partial charge in [0.05, 0.1) is 0 Å². The maximum absolute atomic E-state index is 13.2. The zero-order chi connectivity index (χ0) is 14.7. The van der Waals surface area contributed by atoms with E-state index in [1.54, 1.807) is 32.2 Å². The van der Waals surface area contributed by atoms with Crippen LogP contribution in [0.15, 0.2) is 42.5 Å². The highest BCUT2D eigenvalue weighted by Gasteiger charge is 2.13. The van der Waals surface area contributed by atoms with Crippen molar-refractivity contribution in [1.29, 1.82) is 0 Å². The Labute approximate surface area is 117 Å². The maximum Gasteiger partial charge on any atom is 0.253 e. The van der Waals surface area contributed by atoms with Gasteiger partial charge in [0, 0.05) is 19.2 Å². The summed E-state index contributed by atoms with van der Waals surface area (Å²) in [6.45, 7) is 2.00. The Morgan fingerprint density at radius 3 is 2.65 bits per heavy atom. The molecule has 3 nitrogen and oxygen atoms in total. The number of hydrogen-bond acceptors (Lipinski definition) is 2. The molecule has 0 fully saturated rings. The minimum absolute atomic E-state index is 0.168. The summed E-state index contributed by atoms with van der Waals surface area (Å²) >= 11 is 0. The van der Waals surface area contributed by atoms with E-state index in [-0.39, 0.29) is 17.5 Å². The van der Waals surface area contributed by atoms with Crippen LogP contribution in [0.1, 0.15) is 21.5 Å². The predicted molar refractivity (Wildman–Crippen MR) is 75.0 cm³/mol. The summed E-state index contributed by atoms with van der Waals surface area (Å²) in [5.41, 5.74) is 1.73. The SMILES string of the molecule is Cc1cc(C(=O)N(C)Cc2cccc(O)c2)ccc1F. The number of phenols is 1. The van der Waals surface area contributed by atoms with Crippen LogP contribution < -0.4 is 0 Å². The number of amides is 1. The number of halogens is 1. The van der Waals surface area contributed by atoms with Crippen molar-refractivity contribution in [2.45, 2.75) is 13.5 Å². The molecule has 2 aromatic carbocycles. The van der Waals surface area contributed by atoms with Gasteiger partial charge >= 0.3 is 0 Å². The van der Waals surface area contributed by atoms with E-state index < -0.39 is 0 Å². The highest BCUT2D eigenvalue weighted by molar-refractivity contribution is 5.94. The van der Waals surface area contributed by atoms with Crippen LogP contribution in [-0.2, 0) is 6.54 Å². The Kier molecular flexibility index (Phi) is 4.03. The first-order valence-corrected chi connectivity index (χ1v) is 6.27. The smallest absolute Gasteiger partial charge is 0.253 e. The molecule has 4 heteroatoms. The summed E-state index contributed by atoms with van der Waals surface area (Å²) in [5, 5.41) is 9.40. The fourth-order valence-electron chi connectivity index (χ4n) is 2.00. The van der Waals surface area contributed by atoms with Gasteiger partial charge in [0.15, 0.2) is 0 Å². The van der Waals surface area contributed by atoms with Gasteiger partial charge in [0.2, 0.25) is 0 Å². The van der Waals surface area contributed by atoms with Gasteiger partial charge in [-0.1, -0.05) is 12.1 Å². The van der Waals surface area contributed by atoms with E-state index in [0.717, 1.165) is 5.56 Å². The lowest BCUT2D eigenvalue weighted by molar-refractivity contribution is 0.0785. The molecule has 1 N–H and O–H groups in total. The molecule has 0 spiro atoms. The van der Waals surface area contributed by atoms with Crippen molar-refractivity contribution in [3.8, 4) is 5.75 Å². The van der Waals surface area contributed by atoms with Crippen LogP contribution in [0.4, 0.5) is 4.39 Å². The van der Waals surface area contributed by atoms with E-state index in [0.29, 0.717) is 17.7 Å². The number of carbonyl (C=O) groups excluding carboxylic acids is 1. The lowest BCUT2D eigenvalue weighted by Gasteiger charge is -2.17. The van der Waals surface area contributed by atoms with Crippen LogP contribution in [0.5, 0.6) is 5.75 Å². The fourth-order valence-corrected chi connectivity index (χ4v) is 2.00. The van der Waals surface area contributed by atoms with Gasteiger partial charge in [-0.05, 0) is 48.4 Å². The molecule has 0 aliphatic carbocycles. The molecule has 0 aromatic heterocycles. The van der Waals surface area contributed by atoms with E-state index >= 15 is 0 Å². The lowest BCUT2D eigenvalue weighted by atomic mass is 10.1. The minimum Gasteiger partial charge on any atom is -0.508 e. The Hall–Kier alpha value is -2.36. The van der Waals surface area contributed by atoms with E-state index in [4.69, 9.17) is 0 Å². The molecular weight excluding hydrogens is 257 g/mol. The molecule has 1 amide bonds. The Morgan fingerprint density at radius 1 is 1.25 bits per heavy atom. The summed E-state index contributed by atoms with van der Waals surface area (Å²) in [5.74, 6) is -0.338. The van der Waals surface area contributed by atoms with Crippen LogP contribution in [0.25, 0.3) is 0 Å². The topological polar surface area (TPSA) is 40.5 Å². The average Bonchev–Trinajstić information content (AvgIpc) is 2.41. The lowest BCUT2D eigenvalue weighted by Crippen LogP contribution is -2.26. The van der Waals surface area contributed by atoms with Crippen molar-refractivity contribution in [2.75, 3.05) is 7.05 Å². The molecule has 0 saturated heterocycles. The first kappa shape index (κ1) is 14.1. The number of aryl methyl sites for hydroxylation is 1. The second kappa shape index (κ2) is 5.74. The normalized spacial score (nSPS) is 10.3. The summed E-state index contributed by atoms with van der Waals surface area (Å²) in [6, 6.07) is 11.1. The second-order valence-electron chi connectivity index (χ2n) is 4.80. The molecule has 0 unspecified atom stereocenters. The summed E-state index contributed by atoms with van der Waals surface area (Å²) < 4.78 is 13.2. The standard InChI is InChI=1S/C16H16FNO2/c1-11-8-13(6-7-15(11)17)16(20)18(2)10-12-4-3-5-14(19)9-12/h3-9,19H,10H2,1-2H3. The number of rotatable bonds is 3. The summed E-state index contributed by atoms with van der Waals surface area (Å²) in [4.78, 5) is 13.8. The number of aromatic hydroxyl groups is 1. The van der Waals surface area contributed by atoms with E-state index in [1.165, 1.54) is 23.1 Å². The van der Waals surface area contributed by atoms with Crippen molar-refractivity contribution in [3.05, 3.63) is 65.0 Å². The van der Waals surface area contributed by atoms with Gasteiger partial charge in [0.25, 0.3) is 5.91 Å². The van der Waals surface area contributed by atoms with Crippen LogP contribution in [-0.4, -0.2) is 23.0 Å². The third kappa shape index (κ3) is 3.15. The first-order valence-electron chi connectivity index (χ1n) is 6.27. The van der Waals surface area contributed by atoms with Crippen molar-refractivity contribution in [1.82, 2.24) is 4.90 Å². The first-order chi connectivity index (χ1) is 9.47. The average molecular weight is 273 g/mol. The molecule has 0 aliphatic rings. The highest BCUT2D eigenvalue weighted by Crippen LogP contribution is 2.15. The molecule has 2 aromatic rings. The molecule has 0 radical (unpaired) electrons. The third-order valence-electron chi connectivity index (χ3n) is 3.08. The maximum atomic E-state index is 13.2. The van der Waals surface area contributed by atoms with Gasteiger partial charge in [0.1, 0.15) is 11.6 Å². The summed E-state index contributed by atoms with van der Waals surface area (Å²) in [6.07, 6.45) is 0.